The first-order valence-corrected chi connectivity index (χ1v) is 7.90. The maximum atomic E-state index is 11.2. The van der Waals surface area contributed by atoms with E-state index in [9.17, 15) is 4.79 Å². The molecule has 0 amide bonds. The first-order valence-electron chi connectivity index (χ1n) is 7.02. The molecule has 0 spiro atoms. The molecule has 1 saturated heterocycles. The van der Waals surface area contributed by atoms with E-state index in [1.807, 2.05) is 48.4 Å². The molecule has 0 saturated carbocycles. The number of benzene rings is 1. The first kappa shape index (κ1) is 15.0. The van der Waals surface area contributed by atoms with Crippen LogP contribution >= 0.6 is 11.3 Å². The van der Waals surface area contributed by atoms with E-state index in [1.54, 1.807) is 7.11 Å². The number of rotatable bonds is 4. The van der Waals surface area contributed by atoms with Crippen molar-refractivity contribution in [2.24, 2.45) is 0 Å². The predicted octanol–water partition coefficient (Wildman–Crippen LogP) is 2.96. The lowest BCUT2D eigenvalue weighted by atomic mass is 10.1. The van der Waals surface area contributed by atoms with Crippen molar-refractivity contribution in [3.63, 3.8) is 0 Å². The van der Waals surface area contributed by atoms with E-state index in [0.29, 0.717) is 6.61 Å². The van der Waals surface area contributed by atoms with Crippen LogP contribution in [0.3, 0.4) is 0 Å². The Bertz CT molecular complexity index is 684. The summed E-state index contributed by atoms with van der Waals surface area (Å²) in [6.45, 7) is 4.58. The molecule has 1 aromatic carbocycles. The van der Waals surface area contributed by atoms with Gasteiger partial charge in [-0.25, -0.2) is 4.98 Å². The van der Waals surface area contributed by atoms with Crippen LogP contribution in [0.5, 0.6) is 5.75 Å². The quantitative estimate of drug-likeness (QED) is 0.811. The number of methoxy groups -OCH3 is 1. The first-order chi connectivity index (χ1) is 10.6. The number of hydrogen-bond acceptors (Lipinski definition) is 6. The number of hydrogen-bond donors (Lipinski definition) is 0. The Morgan fingerprint density at radius 3 is 2.95 bits per heavy atom. The second-order valence-electron chi connectivity index (χ2n) is 5.74. The minimum absolute atomic E-state index is 0.262. The fourth-order valence-corrected chi connectivity index (χ4v) is 3.61. The summed E-state index contributed by atoms with van der Waals surface area (Å²) in [5.41, 5.74) is 1.51. The third-order valence-corrected chi connectivity index (χ3v) is 4.55. The van der Waals surface area contributed by atoms with Crippen LogP contribution in [0.1, 0.15) is 13.8 Å². The minimum Gasteiger partial charge on any atom is -0.496 e. The number of thiazole rings is 1. The van der Waals surface area contributed by atoms with Gasteiger partial charge in [0.25, 0.3) is 0 Å². The third kappa shape index (κ3) is 2.48. The molecule has 0 N–H and O–H groups in total. The Kier molecular flexibility index (Phi) is 3.88. The van der Waals surface area contributed by atoms with Crippen molar-refractivity contribution >= 4 is 22.8 Å². The van der Waals surface area contributed by atoms with Gasteiger partial charge in [0.2, 0.25) is 0 Å². The maximum absolute atomic E-state index is 11.2. The van der Waals surface area contributed by atoms with Gasteiger partial charge in [-0.1, -0.05) is 12.1 Å². The average Bonchev–Trinajstić information content (AvgIpc) is 3.10. The molecule has 2 heterocycles. The molecule has 1 atom stereocenters. The van der Waals surface area contributed by atoms with E-state index in [1.165, 1.54) is 11.3 Å². The van der Waals surface area contributed by atoms with Gasteiger partial charge in [0, 0.05) is 10.9 Å². The number of para-hydroxylation sites is 1. The van der Waals surface area contributed by atoms with Crippen molar-refractivity contribution < 1.29 is 14.3 Å². The number of carbonyl (C=O) groups is 1. The Morgan fingerprint density at radius 2 is 2.23 bits per heavy atom. The lowest BCUT2D eigenvalue weighted by Gasteiger charge is -2.30. The number of anilines is 1. The number of aldehydes is 1. The van der Waals surface area contributed by atoms with Gasteiger partial charge in [-0.3, -0.25) is 4.79 Å². The van der Waals surface area contributed by atoms with E-state index >= 15 is 0 Å². The van der Waals surface area contributed by atoms with Crippen LogP contribution in [-0.2, 0) is 9.53 Å². The van der Waals surface area contributed by atoms with Gasteiger partial charge in [-0.15, -0.1) is 11.3 Å². The summed E-state index contributed by atoms with van der Waals surface area (Å²) in [6.07, 6.45) is 0.241. The highest BCUT2D eigenvalue weighted by Crippen LogP contribution is 2.38. The smallest absolute Gasteiger partial charge is 0.189 e. The highest BCUT2D eigenvalue weighted by molar-refractivity contribution is 7.14. The zero-order valence-electron chi connectivity index (χ0n) is 12.8. The maximum Gasteiger partial charge on any atom is 0.189 e. The summed E-state index contributed by atoms with van der Waals surface area (Å²) in [6, 6.07) is 7.76. The Hall–Kier alpha value is -1.92. The molecule has 0 radical (unpaired) electrons. The van der Waals surface area contributed by atoms with Crippen LogP contribution in [0.4, 0.5) is 5.13 Å². The lowest BCUT2D eigenvalue weighted by molar-refractivity contribution is -0.115. The fourth-order valence-electron chi connectivity index (χ4n) is 2.60. The number of nitrogens with zero attached hydrogens (tertiary/aromatic N) is 2. The van der Waals surface area contributed by atoms with Crippen LogP contribution < -0.4 is 9.64 Å². The standard InChI is InChI=1S/C16H18N2O3S/c1-16(2)10-21-14(8-19)18(16)15-17-12(9-22-15)11-6-4-5-7-13(11)20-3/h4-9,14H,10H2,1-3H3. The zero-order valence-corrected chi connectivity index (χ0v) is 13.6. The van der Waals surface area contributed by atoms with E-state index in [4.69, 9.17) is 14.5 Å². The molecule has 0 aliphatic carbocycles. The summed E-state index contributed by atoms with van der Waals surface area (Å²) < 4.78 is 10.9. The van der Waals surface area contributed by atoms with Crippen molar-refractivity contribution in [3.05, 3.63) is 29.6 Å². The summed E-state index contributed by atoms with van der Waals surface area (Å²) in [4.78, 5) is 17.9. The molecule has 116 valence electrons. The summed E-state index contributed by atoms with van der Waals surface area (Å²) in [5, 5.41) is 2.75. The minimum atomic E-state index is -0.577. The van der Waals surface area contributed by atoms with E-state index < -0.39 is 6.23 Å². The van der Waals surface area contributed by atoms with E-state index in [0.717, 1.165) is 28.4 Å². The Balaban J connectivity index is 1.98. The number of carbonyl (C=O) groups excluding carboxylic acids is 1. The Labute approximate surface area is 133 Å². The third-order valence-electron chi connectivity index (χ3n) is 3.71. The van der Waals surface area contributed by atoms with Gasteiger partial charge >= 0.3 is 0 Å². The molecular formula is C16H18N2O3S. The van der Waals surface area contributed by atoms with Gasteiger partial charge in [0.1, 0.15) is 5.75 Å². The molecule has 0 bridgehead atoms. The van der Waals surface area contributed by atoms with Crippen LogP contribution in [-0.4, -0.2) is 36.8 Å². The van der Waals surface area contributed by atoms with E-state index in [-0.39, 0.29) is 5.54 Å². The van der Waals surface area contributed by atoms with Crippen LogP contribution in [0, 0.1) is 0 Å². The number of aromatic nitrogens is 1. The summed E-state index contributed by atoms with van der Waals surface area (Å²) in [7, 11) is 1.64. The van der Waals surface area contributed by atoms with Crippen molar-refractivity contribution in [1.29, 1.82) is 0 Å². The highest BCUT2D eigenvalue weighted by atomic mass is 32.1. The summed E-state index contributed by atoms with van der Waals surface area (Å²) >= 11 is 1.50. The molecule has 1 aromatic heterocycles. The van der Waals surface area contributed by atoms with Crippen molar-refractivity contribution in [2.45, 2.75) is 25.6 Å². The average molecular weight is 318 g/mol. The molecule has 2 aromatic rings. The van der Waals surface area contributed by atoms with Crippen LogP contribution in [0.15, 0.2) is 29.6 Å². The topological polar surface area (TPSA) is 51.7 Å². The van der Waals surface area contributed by atoms with Crippen molar-refractivity contribution in [1.82, 2.24) is 4.98 Å². The van der Waals surface area contributed by atoms with Gasteiger partial charge in [0.05, 0.1) is 24.9 Å². The molecule has 3 rings (SSSR count). The van der Waals surface area contributed by atoms with Crippen molar-refractivity contribution in [2.75, 3.05) is 18.6 Å². The molecule has 1 fully saturated rings. The predicted molar refractivity (Wildman–Crippen MR) is 86.5 cm³/mol. The monoisotopic (exact) mass is 318 g/mol. The highest BCUT2D eigenvalue weighted by Gasteiger charge is 2.42. The number of ether oxygens (including phenoxy) is 2. The zero-order chi connectivity index (χ0) is 15.7. The van der Waals surface area contributed by atoms with Crippen LogP contribution in [0.2, 0.25) is 0 Å². The molecule has 6 heteroatoms. The van der Waals surface area contributed by atoms with Gasteiger partial charge < -0.3 is 14.4 Å². The second-order valence-corrected chi connectivity index (χ2v) is 6.57. The van der Waals surface area contributed by atoms with Crippen LogP contribution in [0.25, 0.3) is 11.3 Å². The lowest BCUT2D eigenvalue weighted by Crippen LogP contribution is -2.45. The molecule has 5 nitrogen and oxygen atoms in total. The normalized spacial score (nSPS) is 20.1. The molecule has 22 heavy (non-hydrogen) atoms. The van der Waals surface area contributed by atoms with Gasteiger partial charge in [-0.2, -0.15) is 0 Å². The largest absolute Gasteiger partial charge is 0.496 e. The van der Waals surface area contributed by atoms with Crippen molar-refractivity contribution in [3.8, 4) is 17.0 Å². The van der Waals surface area contributed by atoms with Gasteiger partial charge in [0.15, 0.2) is 17.6 Å². The molecular weight excluding hydrogens is 300 g/mol. The molecule has 1 aliphatic heterocycles. The fraction of sp³-hybridized carbons (Fsp3) is 0.375. The molecule has 1 unspecified atom stereocenters. The Morgan fingerprint density at radius 1 is 1.45 bits per heavy atom. The SMILES string of the molecule is COc1ccccc1-c1csc(N2C(C=O)OCC2(C)C)n1. The molecule has 1 aliphatic rings. The second kappa shape index (κ2) is 5.70. The summed E-state index contributed by atoms with van der Waals surface area (Å²) in [5.74, 6) is 0.781. The van der Waals surface area contributed by atoms with E-state index in [2.05, 4.69) is 0 Å². The van der Waals surface area contributed by atoms with Gasteiger partial charge in [-0.05, 0) is 26.0 Å².